The summed E-state index contributed by atoms with van der Waals surface area (Å²) < 4.78 is 54.1. The number of allylic oxidation sites excluding steroid dienone is 1. The molecule has 9 rings (SSSR count). The highest BCUT2D eigenvalue weighted by Gasteiger charge is 2.68. The monoisotopic (exact) mass is 1060 g/mol. The Kier molecular flexibility index (Phi) is 17.4. The molecule has 0 spiro atoms. The van der Waals surface area contributed by atoms with Crippen LogP contribution < -0.4 is 0 Å². The lowest BCUT2D eigenvalue weighted by atomic mass is 9.47. The minimum absolute atomic E-state index is 0.0285. The predicted molar refractivity (Wildman–Crippen MR) is 250 cm³/mol. The lowest BCUT2D eigenvalue weighted by molar-refractivity contribution is -0.369. The summed E-state index contributed by atoms with van der Waals surface area (Å²) in [5.41, 5.74) is 1.09. The average molecular weight is 1070 g/mol. The van der Waals surface area contributed by atoms with Crippen LogP contribution >= 0.6 is 0 Å². The van der Waals surface area contributed by atoms with Crippen LogP contribution in [0, 0.1) is 46.3 Å². The Hall–Kier alpha value is -1.18. The Morgan fingerprint density at radius 1 is 0.635 bits per heavy atom. The molecule has 14 N–H and O–H groups in total. The first-order valence-corrected chi connectivity index (χ1v) is 26.9. The zero-order valence-corrected chi connectivity index (χ0v) is 42.9. The largest absolute Gasteiger partial charge is 0.394 e. The highest BCUT2D eigenvalue weighted by Crippen LogP contribution is 2.70. The van der Waals surface area contributed by atoms with Crippen molar-refractivity contribution in [1.29, 1.82) is 0 Å². The van der Waals surface area contributed by atoms with E-state index < -0.39 is 148 Å². The molecular formula is C51H84O23. The average Bonchev–Trinajstić information content (AvgIpc) is 3.82. The summed E-state index contributed by atoms with van der Waals surface area (Å²) in [6.45, 7) is 8.28. The maximum absolute atomic E-state index is 12.3. The van der Waals surface area contributed by atoms with Gasteiger partial charge in [0, 0.05) is 12.3 Å². The number of hydrogen-bond donors (Lipinski definition) is 14. The highest BCUT2D eigenvalue weighted by molar-refractivity contribution is 5.26. The quantitative estimate of drug-likeness (QED) is 0.0727. The van der Waals surface area contributed by atoms with Gasteiger partial charge in [0.15, 0.2) is 30.9 Å². The molecule has 74 heavy (non-hydrogen) atoms. The van der Waals surface area contributed by atoms with Crippen molar-refractivity contribution in [3.05, 3.63) is 11.6 Å². The van der Waals surface area contributed by atoms with Gasteiger partial charge in [-0.2, -0.15) is 0 Å². The molecular weight excluding hydrogens is 981 g/mol. The molecule has 0 bridgehead atoms. The predicted octanol–water partition coefficient (Wildman–Crippen LogP) is -3.01. The molecule has 0 unspecified atom stereocenters. The van der Waals surface area contributed by atoms with Crippen molar-refractivity contribution in [1.82, 2.24) is 0 Å². The summed E-state index contributed by atoms with van der Waals surface area (Å²) >= 11 is 0. The summed E-state index contributed by atoms with van der Waals surface area (Å²) in [6, 6.07) is 0. The molecule has 5 heterocycles. The molecule has 0 amide bonds. The second kappa shape index (κ2) is 22.4. The molecule has 3 saturated carbocycles. The SMILES string of the molecule is C[C@H](CC[C@@]1(O)O[C@H]2C[C@H]3[C@@H]4CC=C5C[C@@H](O[C@@H]6O[C@H](CO)[C@@H](O)[C@H](O)[C@H]6O[C@@H]6O[C@@H](C)[C@H](O)[C@@H](O)[C@H]6O)CC[C@]5(C)[C@H]4CC[C@]3(C)[C@H]2[C@@H]1C)CO[C@@H]1O[C@H](CO)[C@@H](O)[C@H](O)[C@H]1O[C@@H]1O[C@H](CO)[C@@H](O)[C@H](O)[C@H]1O. The van der Waals surface area contributed by atoms with Crippen molar-refractivity contribution in [3.8, 4) is 0 Å². The number of aliphatic hydroxyl groups excluding tert-OH is 13. The van der Waals surface area contributed by atoms with Crippen LogP contribution in [0.4, 0.5) is 0 Å². The van der Waals surface area contributed by atoms with Crippen LogP contribution in [0.1, 0.15) is 92.4 Å². The van der Waals surface area contributed by atoms with Gasteiger partial charge in [-0.3, -0.25) is 0 Å². The van der Waals surface area contributed by atoms with Gasteiger partial charge in [0.2, 0.25) is 0 Å². The van der Waals surface area contributed by atoms with Crippen LogP contribution in [-0.2, 0) is 42.6 Å². The molecule has 5 aliphatic heterocycles. The first-order valence-electron chi connectivity index (χ1n) is 26.9. The summed E-state index contributed by atoms with van der Waals surface area (Å²) in [6.07, 6.45) is -21.3. The van der Waals surface area contributed by atoms with Crippen molar-refractivity contribution in [2.24, 2.45) is 46.3 Å². The van der Waals surface area contributed by atoms with Gasteiger partial charge in [-0.25, -0.2) is 0 Å². The molecule has 23 nitrogen and oxygen atoms in total. The summed E-state index contributed by atoms with van der Waals surface area (Å²) in [5.74, 6) is -0.515. The fraction of sp³-hybridized carbons (Fsp3) is 0.961. The molecule has 0 aromatic rings. The lowest BCUT2D eigenvalue weighted by Crippen LogP contribution is -2.64. The smallest absolute Gasteiger partial charge is 0.187 e. The molecule has 5 saturated heterocycles. The van der Waals surface area contributed by atoms with Gasteiger partial charge in [-0.05, 0) is 98.7 Å². The van der Waals surface area contributed by atoms with Gasteiger partial charge in [0.05, 0.1) is 44.7 Å². The lowest BCUT2D eigenvalue weighted by Gasteiger charge is -2.58. The van der Waals surface area contributed by atoms with E-state index in [-0.39, 0.29) is 47.4 Å². The molecule has 9 aliphatic rings. The Morgan fingerprint density at radius 3 is 1.81 bits per heavy atom. The number of aliphatic hydroxyl groups is 14. The van der Waals surface area contributed by atoms with E-state index in [4.69, 9.17) is 42.6 Å². The van der Waals surface area contributed by atoms with Crippen LogP contribution in [0.15, 0.2) is 11.6 Å². The van der Waals surface area contributed by atoms with Gasteiger partial charge in [0.25, 0.3) is 0 Å². The number of hydrogen-bond acceptors (Lipinski definition) is 23. The van der Waals surface area contributed by atoms with Crippen LogP contribution in [0.3, 0.4) is 0 Å². The van der Waals surface area contributed by atoms with Crippen LogP contribution in [0.25, 0.3) is 0 Å². The Morgan fingerprint density at radius 2 is 1.19 bits per heavy atom. The van der Waals surface area contributed by atoms with Gasteiger partial charge in [-0.1, -0.05) is 39.3 Å². The molecule has 23 heteroatoms. The van der Waals surface area contributed by atoms with Crippen LogP contribution in [0.5, 0.6) is 0 Å². The van der Waals surface area contributed by atoms with Crippen molar-refractivity contribution in [2.45, 2.75) is 233 Å². The van der Waals surface area contributed by atoms with E-state index in [0.29, 0.717) is 43.4 Å². The van der Waals surface area contributed by atoms with Crippen LogP contribution in [-0.4, -0.2) is 239 Å². The molecule has 0 radical (unpaired) electrons. The molecule has 0 aromatic carbocycles. The standard InChI is InChI=1S/C51H84O23/c1-20(19-66-47-43(39(61)35(57)30(17-53)70-47)72-46-42(64)38(60)34(56)29(16-52)69-46)8-13-51(65)21(2)32-28(74-51)15-27-25-7-6-23-14-24(9-11-49(23,4)26(25)10-12-50(27,32)5)68-48-44(40(62)36(58)31(18-54)71-48)73-45-41(63)37(59)33(55)22(3)67-45/h6,20-22,24-48,52-65H,7-19H2,1-5H3/t20-,21+,22+,24+,25-,26+,27+,28+,29-,30-,31-,32+,33+,34-,35-,36-,37-,38+,39+,40+,41-,42-,43-,44-,45+,46+,47-,48-,49+,50+,51-/m1/s1. The van der Waals surface area contributed by atoms with Crippen molar-refractivity contribution >= 4 is 0 Å². The minimum atomic E-state index is -1.80. The van der Waals surface area contributed by atoms with E-state index >= 15 is 0 Å². The van der Waals surface area contributed by atoms with E-state index in [9.17, 15) is 71.5 Å². The van der Waals surface area contributed by atoms with Crippen molar-refractivity contribution in [2.75, 3.05) is 26.4 Å². The minimum Gasteiger partial charge on any atom is -0.394 e. The van der Waals surface area contributed by atoms with E-state index in [1.165, 1.54) is 12.5 Å². The fourth-order valence-electron chi connectivity index (χ4n) is 15.0. The van der Waals surface area contributed by atoms with E-state index in [1.54, 1.807) is 0 Å². The molecule has 8 fully saturated rings. The first-order chi connectivity index (χ1) is 35.0. The summed E-state index contributed by atoms with van der Waals surface area (Å²) in [7, 11) is 0. The van der Waals surface area contributed by atoms with E-state index in [0.717, 1.165) is 32.1 Å². The van der Waals surface area contributed by atoms with Crippen molar-refractivity contribution in [3.63, 3.8) is 0 Å². The Labute approximate surface area is 430 Å². The van der Waals surface area contributed by atoms with Gasteiger partial charge in [-0.15, -0.1) is 0 Å². The maximum atomic E-state index is 12.3. The first kappa shape index (κ1) is 57.5. The van der Waals surface area contributed by atoms with Crippen LogP contribution in [0.2, 0.25) is 0 Å². The third-order valence-electron chi connectivity index (χ3n) is 19.5. The van der Waals surface area contributed by atoms with Crippen molar-refractivity contribution < 1.29 is 114 Å². The Balaban J connectivity index is 0.806. The van der Waals surface area contributed by atoms with Gasteiger partial charge in [0.1, 0.15) is 91.6 Å². The topological polar surface area (TPSA) is 366 Å². The third-order valence-corrected chi connectivity index (χ3v) is 19.5. The number of ether oxygens (including phenoxy) is 9. The summed E-state index contributed by atoms with van der Waals surface area (Å²) in [4.78, 5) is 0. The zero-order valence-electron chi connectivity index (χ0n) is 42.9. The third kappa shape index (κ3) is 10.2. The normalized spacial score (nSPS) is 54.9. The van der Waals surface area contributed by atoms with E-state index in [1.807, 2.05) is 6.92 Å². The van der Waals surface area contributed by atoms with E-state index in [2.05, 4.69) is 26.8 Å². The second-order valence-corrected chi connectivity index (χ2v) is 23.8. The number of rotatable bonds is 15. The zero-order chi connectivity index (χ0) is 53.5. The number of fused-ring (bicyclic) bond motifs is 7. The highest BCUT2D eigenvalue weighted by atomic mass is 16.8. The fourth-order valence-corrected chi connectivity index (χ4v) is 15.0. The molecule has 31 atom stereocenters. The molecule has 0 aromatic heterocycles. The maximum Gasteiger partial charge on any atom is 0.187 e. The van der Waals surface area contributed by atoms with Gasteiger partial charge < -0.3 is 114 Å². The Bertz CT molecular complexity index is 1920. The molecule has 4 aliphatic carbocycles. The van der Waals surface area contributed by atoms with Gasteiger partial charge >= 0.3 is 0 Å². The summed E-state index contributed by atoms with van der Waals surface area (Å²) in [5, 5.41) is 148. The second-order valence-electron chi connectivity index (χ2n) is 23.8. The molecule has 426 valence electrons.